The van der Waals surface area contributed by atoms with Gasteiger partial charge in [-0.05, 0) is 63.7 Å². The summed E-state index contributed by atoms with van der Waals surface area (Å²) in [6, 6.07) is 3.85. The monoisotopic (exact) mass is 273 g/mol. The highest BCUT2D eigenvalue weighted by molar-refractivity contribution is 5.95. The van der Waals surface area contributed by atoms with Crippen LogP contribution in [0, 0.1) is 25.7 Å². The van der Waals surface area contributed by atoms with Gasteiger partial charge in [0.15, 0.2) is 0 Å². The number of hydrogen-bond donors (Lipinski definition) is 1. The predicted molar refractivity (Wildman–Crippen MR) is 78.7 cm³/mol. The number of nitrogens with zero attached hydrogens (tertiary/aromatic N) is 2. The molecule has 0 aliphatic carbocycles. The maximum absolute atomic E-state index is 12.7. The van der Waals surface area contributed by atoms with Crippen LogP contribution in [0.4, 0.5) is 0 Å². The fraction of sp³-hybridized carbons (Fsp3) is 0.625. The Morgan fingerprint density at radius 1 is 1.20 bits per heavy atom. The van der Waals surface area contributed by atoms with Crippen molar-refractivity contribution < 1.29 is 4.79 Å². The van der Waals surface area contributed by atoms with Gasteiger partial charge in [0.1, 0.15) is 0 Å². The summed E-state index contributed by atoms with van der Waals surface area (Å²) in [4.78, 5) is 19.1. The number of rotatable bonds is 1. The van der Waals surface area contributed by atoms with E-state index in [1.165, 1.54) is 0 Å². The van der Waals surface area contributed by atoms with Crippen molar-refractivity contribution in [2.24, 2.45) is 11.8 Å². The molecule has 3 rings (SSSR count). The van der Waals surface area contributed by atoms with E-state index in [1.54, 1.807) is 0 Å². The van der Waals surface area contributed by atoms with Crippen LogP contribution in [-0.2, 0) is 0 Å². The van der Waals surface area contributed by atoms with Crippen molar-refractivity contribution in [3.63, 3.8) is 0 Å². The SMILES string of the molecule is Cc1ccc(C(=O)N2CC[C@@H]3CNC[C@@H]3CC2)c(C)n1. The van der Waals surface area contributed by atoms with E-state index in [0.717, 1.165) is 67.8 Å². The molecular formula is C16H23N3O. The van der Waals surface area contributed by atoms with Gasteiger partial charge in [-0.1, -0.05) is 0 Å². The Bertz CT molecular complexity index is 500. The lowest BCUT2D eigenvalue weighted by Crippen LogP contribution is -2.33. The minimum atomic E-state index is 0.155. The van der Waals surface area contributed by atoms with E-state index in [1.807, 2.05) is 30.9 Å². The van der Waals surface area contributed by atoms with E-state index in [-0.39, 0.29) is 5.91 Å². The number of pyridine rings is 1. The first kappa shape index (κ1) is 13.6. The fourth-order valence-corrected chi connectivity index (χ4v) is 3.50. The molecular weight excluding hydrogens is 250 g/mol. The number of amides is 1. The summed E-state index contributed by atoms with van der Waals surface area (Å²) >= 11 is 0. The van der Waals surface area contributed by atoms with E-state index in [2.05, 4.69) is 10.3 Å². The van der Waals surface area contributed by atoms with Crippen molar-refractivity contribution in [3.8, 4) is 0 Å². The third kappa shape index (κ3) is 2.57. The predicted octanol–water partition coefficient (Wildman–Crippen LogP) is 1.77. The molecule has 0 saturated carbocycles. The van der Waals surface area contributed by atoms with Crippen LogP contribution in [0.15, 0.2) is 12.1 Å². The standard InChI is InChI=1S/C16H23N3O/c1-11-3-4-15(12(2)18-11)16(20)19-7-5-13-9-17-10-14(13)6-8-19/h3-4,13-14,17H,5-10H2,1-2H3/t13-,14+. The van der Waals surface area contributed by atoms with Crippen LogP contribution in [0.1, 0.15) is 34.6 Å². The van der Waals surface area contributed by atoms with E-state index in [9.17, 15) is 4.79 Å². The van der Waals surface area contributed by atoms with Crippen LogP contribution in [0.3, 0.4) is 0 Å². The second-order valence-electron chi connectivity index (χ2n) is 6.13. The maximum Gasteiger partial charge on any atom is 0.255 e. The normalized spacial score (nSPS) is 26.2. The Kier molecular flexibility index (Phi) is 3.74. The summed E-state index contributed by atoms with van der Waals surface area (Å²) in [5.41, 5.74) is 2.58. The van der Waals surface area contributed by atoms with Gasteiger partial charge in [-0.15, -0.1) is 0 Å². The van der Waals surface area contributed by atoms with Crippen LogP contribution in [0.2, 0.25) is 0 Å². The topological polar surface area (TPSA) is 45.2 Å². The second kappa shape index (κ2) is 5.52. The van der Waals surface area contributed by atoms with Gasteiger partial charge in [0.25, 0.3) is 5.91 Å². The molecule has 0 spiro atoms. The summed E-state index contributed by atoms with van der Waals surface area (Å²) in [7, 11) is 0. The lowest BCUT2D eigenvalue weighted by Gasteiger charge is -2.21. The Morgan fingerprint density at radius 2 is 1.85 bits per heavy atom. The number of aromatic nitrogens is 1. The van der Waals surface area contributed by atoms with Gasteiger partial charge in [0.05, 0.1) is 11.3 Å². The van der Waals surface area contributed by atoms with Crippen LogP contribution in [0.5, 0.6) is 0 Å². The van der Waals surface area contributed by atoms with Gasteiger partial charge >= 0.3 is 0 Å². The average Bonchev–Trinajstić information content (AvgIpc) is 2.77. The number of nitrogens with one attached hydrogen (secondary N) is 1. The molecule has 3 heterocycles. The van der Waals surface area contributed by atoms with Crippen molar-refractivity contribution in [2.45, 2.75) is 26.7 Å². The first-order valence-electron chi connectivity index (χ1n) is 7.59. The molecule has 1 amide bonds. The largest absolute Gasteiger partial charge is 0.339 e. The van der Waals surface area contributed by atoms with E-state index in [4.69, 9.17) is 0 Å². The highest BCUT2D eigenvalue weighted by Gasteiger charge is 2.31. The molecule has 0 radical (unpaired) electrons. The number of likely N-dealkylation sites (tertiary alicyclic amines) is 1. The molecule has 2 aliphatic rings. The Balaban J connectivity index is 1.74. The molecule has 108 valence electrons. The first-order chi connectivity index (χ1) is 9.65. The van der Waals surface area contributed by atoms with Crippen molar-refractivity contribution in [3.05, 3.63) is 29.1 Å². The lowest BCUT2D eigenvalue weighted by atomic mass is 9.92. The summed E-state index contributed by atoms with van der Waals surface area (Å²) in [6.45, 7) is 7.90. The molecule has 4 heteroatoms. The molecule has 0 aromatic carbocycles. The molecule has 2 fully saturated rings. The van der Waals surface area contributed by atoms with Crippen molar-refractivity contribution in [2.75, 3.05) is 26.2 Å². The molecule has 2 saturated heterocycles. The van der Waals surface area contributed by atoms with Crippen molar-refractivity contribution in [1.82, 2.24) is 15.2 Å². The smallest absolute Gasteiger partial charge is 0.255 e. The summed E-state index contributed by atoms with van der Waals surface area (Å²) in [5.74, 6) is 1.66. The van der Waals surface area contributed by atoms with Crippen LogP contribution in [0.25, 0.3) is 0 Å². The summed E-state index contributed by atoms with van der Waals surface area (Å²) in [5, 5.41) is 3.47. The number of fused-ring (bicyclic) bond motifs is 1. The summed E-state index contributed by atoms with van der Waals surface area (Å²) < 4.78 is 0. The fourth-order valence-electron chi connectivity index (χ4n) is 3.50. The average molecular weight is 273 g/mol. The zero-order valence-electron chi connectivity index (χ0n) is 12.4. The maximum atomic E-state index is 12.7. The Labute approximate surface area is 120 Å². The summed E-state index contributed by atoms with van der Waals surface area (Å²) in [6.07, 6.45) is 2.25. The molecule has 2 aliphatic heterocycles. The number of carbonyl (C=O) groups is 1. The molecule has 20 heavy (non-hydrogen) atoms. The van der Waals surface area contributed by atoms with Gasteiger partial charge in [0.2, 0.25) is 0 Å². The minimum Gasteiger partial charge on any atom is -0.339 e. The number of hydrogen-bond acceptors (Lipinski definition) is 3. The quantitative estimate of drug-likeness (QED) is 0.848. The lowest BCUT2D eigenvalue weighted by molar-refractivity contribution is 0.0757. The van der Waals surface area contributed by atoms with E-state index < -0.39 is 0 Å². The third-order valence-electron chi connectivity index (χ3n) is 4.76. The van der Waals surface area contributed by atoms with Gasteiger partial charge < -0.3 is 10.2 Å². The van der Waals surface area contributed by atoms with Gasteiger partial charge in [-0.25, -0.2) is 0 Å². The number of carbonyl (C=O) groups excluding carboxylic acids is 1. The molecule has 1 aromatic rings. The van der Waals surface area contributed by atoms with Crippen LogP contribution in [-0.4, -0.2) is 42.0 Å². The minimum absolute atomic E-state index is 0.155. The third-order valence-corrected chi connectivity index (χ3v) is 4.76. The van der Waals surface area contributed by atoms with Crippen molar-refractivity contribution >= 4 is 5.91 Å². The molecule has 2 atom stereocenters. The van der Waals surface area contributed by atoms with E-state index >= 15 is 0 Å². The molecule has 1 aromatic heterocycles. The van der Waals surface area contributed by atoms with Gasteiger partial charge in [0, 0.05) is 18.8 Å². The Hall–Kier alpha value is -1.42. The zero-order chi connectivity index (χ0) is 14.1. The van der Waals surface area contributed by atoms with Crippen LogP contribution < -0.4 is 5.32 Å². The number of aryl methyl sites for hydroxylation is 2. The highest BCUT2D eigenvalue weighted by atomic mass is 16.2. The molecule has 0 bridgehead atoms. The van der Waals surface area contributed by atoms with Crippen molar-refractivity contribution in [1.29, 1.82) is 0 Å². The first-order valence-corrected chi connectivity index (χ1v) is 7.59. The highest BCUT2D eigenvalue weighted by Crippen LogP contribution is 2.27. The Morgan fingerprint density at radius 3 is 2.45 bits per heavy atom. The van der Waals surface area contributed by atoms with Gasteiger partial charge in [-0.3, -0.25) is 9.78 Å². The van der Waals surface area contributed by atoms with Crippen LogP contribution >= 0.6 is 0 Å². The second-order valence-corrected chi connectivity index (χ2v) is 6.13. The van der Waals surface area contributed by atoms with Gasteiger partial charge in [-0.2, -0.15) is 0 Å². The molecule has 4 nitrogen and oxygen atoms in total. The zero-order valence-corrected chi connectivity index (χ0v) is 12.4. The molecule has 1 N–H and O–H groups in total. The van der Waals surface area contributed by atoms with E-state index in [0.29, 0.717) is 0 Å². The molecule has 0 unspecified atom stereocenters.